The highest BCUT2D eigenvalue weighted by Gasteiger charge is 2.26. The number of aromatic amines is 1. The Hall–Kier alpha value is -2.38. The molecule has 1 amide bonds. The fourth-order valence-electron chi connectivity index (χ4n) is 2.27. The Kier molecular flexibility index (Phi) is 3.95. The van der Waals surface area contributed by atoms with Crippen LogP contribution < -0.4 is 10.6 Å². The first-order chi connectivity index (χ1) is 11.7. The number of thiazole rings is 1. The van der Waals surface area contributed by atoms with E-state index >= 15 is 0 Å². The van der Waals surface area contributed by atoms with E-state index in [0.717, 1.165) is 11.4 Å². The number of anilines is 3. The number of hydrogen-bond acceptors (Lipinski definition) is 5. The van der Waals surface area contributed by atoms with Crippen LogP contribution in [0.25, 0.3) is 0 Å². The lowest BCUT2D eigenvalue weighted by Crippen LogP contribution is -2.12. The van der Waals surface area contributed by atoms with E-state index in [9.17, 15) is 4.79 Å². The number of aromatic nitrogens is 3. The average molecular weight is 360 g/mol. The van der Waals surface area contributed by atoms with E-state index in [4.69, 9.17) is 11.6 Å². The van der Waals surface area contributed by atoms with Crippen molar-refractivity contribution < 1.29 is 4.79 Å². The van der Waals surface area contributed by atoms with Gasteiger partial charge in [-0.05, 0) is 37.1 Å². The summed E-state index contributed by atoms with van der Waals surface area (Å²) < 4.78 is 0. The van der Waals surface area contributed by atoms with Crippen molar-refractivity contribution in [1.82, 2.24) is 15.2 Å². The monoisotopic (exact) mass is 359 g/mol. The number of carbonyl (C=O) groups excluding carboxylic acids is 1. The van der Waals surface area contributed by atoms with Crippen LogP contribution in [0, 0.1) is 0 Å². The van der Waals surface area contributed by atoms with Gasteiger partial charge in [-0.1, -0.05) is 11.6 Å². The molecule has 8 heteroatoms. The largest absolute Gasteiger partial charge is 0.332 e. The molecule has 1 aromatic carbocycles. The molecular formula is C16H14ClN5OS. The number of hydrogen-bond donors (Lipinski definition) is 3. The standard InChI is InChI=1S/C16H14ClN5OS/c17-10-3-5-11(6-4-10)18-16-19-13(8-24-16)15(23)20-14-7-12(21-22-14)9-1-2-9/h3-9H,1-2H2,(H,18,19)(H2,20,21,22,23). The molecule has 0 radical (unpaired) electrons. The van der Waals surface area contributed by atoms with Crippen molar-refractivity contribution in [1.29, 1.82) is 0 Å². The van der Waals surface area contributed by atoms with Crippen LogP contribution in [0.5, 0.6) is 0 Å². The van der Waals surface area contributed by atoms with Gasteiger partial charge in [-0.15, -0.1) is 11.3 Å². The zero-order valence-electron chi connectivity index (χ0n) is 12.5. The van der Waals surface area contributed by atoms with E-state index in [1.807, 2.05) is 18.2 Å². The van der Waals surface area contributed by atoms with E-state index in [0.29, 0.717) is 27.6 Å². The summed E-state index contributed by atoms with van der Waals surface area (Å²) in [7, 11) is 0. The Bertz CT molecular complexity index is 869. The summed E-state index contributed by atoms with van der Waals surface area (Å²) in [6.45, 7) is 0. The average Bonchev–Trinajstić information content (AvgIpc) is 3.14. The Morgan fingerprint density at radius 3 is 2.83 bits per heavy atom. The SMILES string of the molecule is O=C(Nc1cc(C2CC2)n[nH]1)c1csc(Nc2ccc(Cl)cc2)n1. The molecule has 0 unspecified atom stereocenters. The summed E-state index contributed by atoms with van der Waals surface area (Å²) >= 11 is 7.23. The normalized spacial score (nSPS) is 13.7. The van der Waals surface area contributed by atoms with Gasteiger partial charge < -0.3 is 10.6 Å². The number of carbonyl (C=O) groups is 1. The summed E-state index contributed by atoms with van der Waals surface area (Å²) in [5.41, 5.74) is 2.23. The second-order valence-corrected chi connectivity index (χ2v) is 6.90. The molecule has 3 N–H and O–H groups in total. The van der Waals surface area contributed by atoms with Gasteiger partial charge in [0.1, 0.15) is 11.5 Å². The zero-order valence-corrected chi connectivity index (χ0v) is 14.1. The van der Waals surface area contributed by atoms with Gasteiger partial charge in [-0.25, -0.2) is 4.98 Å². The maximum Gasteiger partial charge on any atom is 0.276 e. The first-order valence-corrected chi connectivity index (χ1v) is 8.78. The lowest BCUT2D eigenvalue weighted by Gasteiger charge is -2.02. The summed E-state index contributed by atoms with van der Waals surface area (Å²) in [6.07, 6.45) is 2.34. The third kappa shape index (κ3) is 3.42. The summed E-state index contributed by atoms with van der Waals surface area (Å²) in [6, 6.07) is 9.18. The Morgan fingerprint density at radius 2 is 2.08 bits per heavy atom. The van der Waals surface area contributed by atoms with Gasteiger partial charge in [0.25, 0.3) is 5.91 Å². The molecule has 2 heterocycles. The number of rotatable bonds is 5. The van der Waals surface area contributed by atoms with E-state index < -0.39 is 0 Å². The Balaban J connectivity index is 1.41. The maximum absolute atomic E-state index is 12.3. The van der Waals surface area contributed by atoms with Gasteiger partial charge >= 0.3 is 0 Å². The molecule has 122 valence electrons. The molecule has 2 aromatic heterocycles. The van der Waals surface area contributed by atoms with Crippen LogP contribution in [0.1, 0.15) is 34.9 Å². The molecule has 1 aliphatic carbocycles. The first-order valence-electron chi connectivity index (χ1n) is 7.52. The van der Waals surface area contributed by atoms with E-state index in [2.05, 4.69) is 25.8 Å². The molecule has 1 aliphatic rings. The molecular weight excluding hydrogens is 346 g/mol. The van der Waals surface area contributed by atoms with E-state index in [1.54, 1.807) is 17.5 Å². The molecule has 24 heavy (non-hydrogen) atoms. The smallest absolute Gasteiger partial charge is 0.276 e. The molecule has 3 aromatic rings. The highest BCUT2D eigenvalue weighted by atomic mass is 35.5. The number of nitrogens with one attached hydrogen (secondary N) is 3. The first kappa shape index (κ1) is 15.2. The zero-order chi connectivity index (χ0) is 16.5. The Morgan fingerprint density at radius 1 is 1.29 bits per heavy atom. The minimum atomic E-state index is -0.263. The predicted molar refractivity (Wildman–Crippen MR) is 95.4 cm³/mol. The number of benzene rings is 1. The van der Waals surface area contributed by atoms with Crippen LogP contribution >= 0.6 is 22.9 Å². The van der Waals surface area contributed by atoms with Crippen molar-refractivity contribution in [3.63, 3.8) is 0 Å². The van der Waals surface area contributed by atoms with Crippen LogP contribution in [-0.4, -0.2) is 21.1 Å². The molecule has 4 rings (SSSR count). The minimum absolute atomic E-state index is 0.263. The summed E-state index contributed by atoms with van der Waals surface area (Å²) in [5, 5.41) is 16.0. The summed E-state index contributed by atoms with van der Waals surface area (Å²) in [4.78, 5) is 16.6. The Labute approximate surface area is 147 Å². The van der Waals surface area contributed by atoms with Gasteiger partial charge in [0.05, 0.1) is 5.69 Å². The maximum atomic E-state index is 12.3. The van der Waals surface area contributed by atoms with Crippen molar-refractivity contribution in [2.24, 2.45) is 0 Å². The van der Waals surface area contributed by atoms with Gasteiger partial charge in [0.2, 0.25) is 0 Å². The van der Waals surface area contributed by atoms with Crippen molar-refractivity contribution in [2.45, 2.75) is 18.8 Å². The highest BCUT2D eigenvalue weighted by molar-refractivity contribution is 7.14. The molecule has 6 nitrogen and oxygen atoms in total. The number of amides is 1. The lowest BCUT2D eigenvalue weighted by atomic mass is 10.3. The van der Waals surface area contributed by atoms with E-state index in [1.165, 1.54) is 24.2 Å². The van der Waals surface area contributed by atoms with Crippen molar-refractivity contribution in [2.75, 3.05) is 10.6 Å². The number of nitrogens with zero attached hydrogens (tertiary/aromatic N) is 2. The molecule has 0 saturated heterocycles. The van der Waals surface area contributed by atoms with Crippen molar-refractivity contribution >= 4 is 45.5 Å². The van der Waals surface area contributed by atoms with Crippen LogP contribution in [0.2, 0.25) is 5.02 Å². The predicted octanol–water partition coefficient (Wildman–Crippen LogP) is 4.39. The van der Waals surface area contributed by atoms with Gasteiger partial charge in [0.15, 0.2) is 5.13 Å². The number of halogens is 1. The minimum Gasteiger partial charge on any atom is -0.332 e. The third-order valence-corrected chi connectivity index (χ3v) is 4.68. The second kappa shape index (κ2) is 6.26. The van der Waals surface area contributed by atoms with Crippen LogP contribution in [0.15, 0.2) is 35.7 Å². The van der Waals surface area contributed by atoms with Crippen LogP contribution in [-0.2, 0) is 0 Å². The second-order valence-electron chi connectivity index (χ2n) is 5.60. The number of H-pyrrole nitrogens is 1. The molecule has 0 atom stereocenters. The molecule has 0 spiro atoms. The van der Waals surface area contributed by atoms with Gasteiger partial charge in [0, 0.05) is 28.1 Å². The van der Waals surface area contributed by atoms with Crippen molar-refractivity contribution in [3.8, 4) is 0 Å². The lowest BCUT2D eigenvalue weighted by molar-refractivity contribution is 0.102. The fourth-order valence-corrected chi connectivity index (χ4v) is 3.10. The molecule has 1 saturated carbocycles. The topological polar surface area (TPSA) is 82.7 Å². The quantitative estimate of drug-likeness (QED) is 0.630. The summed E-state index contributed by atoms with van der Waals surface area (Å²) in [5.74, 6) is 0.880. The molecule has 0 bridgehead atoms. The van der Waals surface area contributed by atoms with Gasteiger partial charge in [-0.3, -0.25) is 9.89 Å². The third-order valence-electron chi connectivity index (χ3n) is 3.67. The van der Waals surface area contributed by atoms with Gasteiger partial charge in [-0.2, -0.15) is 5.10 Å². The molecule has 1 fully saturated rings. The van der Waals surface area contributed by atoms with E-state index in [-0.39, 0.29) is 5.91 Å². The van der Waals surface area contributed by atoms with Crippen LogP contribution in [0.4, 0.5) is 16.6 Å². The molecule has 0 aliphatic heterocycles. The fraction of sp³-hybridized carbons (Fsp3) is 0.188. The van der Waals surface area contributed by atoms with Crippen molar-refractivity contribution in [3.05, 3.63) is 52.1 Å². The highest BCUT2D eigenvalue weighted by Crippen LogP contribution is 2.39. The van der Waals surface area contributed by atoms with Crippen LogP contribution in [0.3, 0.4) is 0 Å².